The Bertz CT molecular complexity index is 1240. The molecule has 0 atom stereocenters. The Hall–Kier alpha value is -2.86. The third-order valence-electron chi connectivity index (χ3n) is 6.66. The predicted octanol–water partition coefficient (Wildman–Crippen LogP) is 4.98. The second kappa shape index (κ2) is 10.2. The summed E-state index contributed by atoms with van der Waals surface area (Å²) in [6, 6.07) is 17.5. The minimum absolute atomic E-state index is 0.0905. The molecular formula is C28H29ClN2O3. The van der Waals surface area contributed by atoms with Crippen LogP contribution in [0.25, 0.3) is 11.8 Å². The molecule has 2 heterocycles. The second-order valence-electron chi connectivity index (χ2n) is 9.16. The number of aliphatic hydroxyl groups excluding tert-OH is 1. The van der Waals surface area contributed by atoms with Crippen molar-refractivity contribution >= 4 is 23.4 Å². The molecule has 1 aliphatic carbocycles. The van der Waals surface area contributed by atoms with Crippen molar-refractivity contribution in [3.63, 3.8) is 0 Å². The van der Waals surface area contributed by atoms with E-state index in [2.05, 4.69) is 29.2 Å². The molecule has 0 saturated carbocycles. The number of benzene rings is 2. The van der Waals surface area contributed by atoms with E-state index in [0.717, 1.165) is 56.6 Å². The van der Waals surface area contributed by atoms with E-state index in [1.165, 1.54) is 16.7 Å². The summed E-state index contributed by atoms with van der Waals surface area (Å²) in [6.45, 7) is 3.21. The molecule has 0 unspecified atom stereocenters. The molecule has 176 valence electrons. The number of aliphatic hydroxyl groups is 1. The number of hydrogen-bond acceptors (Lipinski definition) is 4. The topological polar surface area (TPSA) is 54.7 Å². The Labute approximate surface area is 204 Å². The molecule has 1 fully saturated rings. The molecule has 6 heteroatoms. The molecule has 3 aromatic rings. The van der Waals surface area contributed by atoms with Crippen molar-refractivity contribution in [1.82, 2.24) is 9.47 Å². The number of rotatable bonds is 6. The van der Waals surface area contributed by atoms with Gasteiger partial charge in [0.15, 0.2) is 0 Å². The average molecular weight is 477 g/mol. The lowest BCUT2D eigenvalue weighted by atomic mass is 9.93. The van der Waals surface area contributed by atoms with Crippen LogP contribution in [0.4, 0.5) is 0 Å². The van der Waals surface area contributed by atoms with Crippen LogP contribution in [-0.4, -0.2) is 33.8 Å². The van der Waals surface area contributed by atoms with Crippen LogP contribution >= 0.6 is 11.6 Å². The number of aromatic nitrogens is 1. The van der Waals surface area contributed by atoms with Crippen molar-refractivity contribution in [2.75, 3.05) is 13.1 Å². The molecule has 0 radical (unpaired) electrons. The van der Waals surface area contributed by atoms with Crippen molar-refractivity contribution in [3.8, 4) is 5.75 Å². The number of pyridine rings is 1. The molecule has 1 aromatic heterocycles. The molecule has 0 spiro atoms. The molecule has 2 aliphatic rings. The van der Waals surface area contributed by atoms with Gasteiger partial charge in [0.2, 0.25) is 0 Å². The number of likely N-dealkylation sites (tertiary alicyclic amines) is 1. The molecule has 1 N–H and O–H groups in total. The fourth-order valence-corrected chi connectivity index (χ4v) is 4.82. The lowest BCUT2D eigenvalue weighted by molar-refractivity contribution is 0.0792. The highest BCUT2D eigenvalue weighted by molar-refractivity contribution is 6.30. The van der Waals surface area contributed by atoms with Crippen molar-refractivity contribution in [2.45, 2.75) is 44.9 Å². The van der Waals surface area contributed by atoms with Gasteiger partial charge in [0, 0.05) is 42.6 Å². The minimum atomic E-state index is -0.143. The zero-order chi connectivity index (χ0) is 23.5. The molecule has 1 saturated heterocycles. The number of nitrogens with zero attached hydrogens (tertiary/aromatic N) is 2. The standard InChI is InChI=1S/C28H29ClN2O3/c29-24-6-2-20(3-7-24)19-34-27-11-14-31(28(33)17-27)25-8-5-22-15-21(1-4-23(22)16-25)18-30-12-9-26(32)10-13-30/h1-4,6-7,11,14-17,26,32H,5,8-10,12-13,18-19H2. The van der Waals surface area contributed by atoms with Crippen LogP contribution in [0.2, 0.25) is 5.02 Å². The summed E-state index contributed by atoms with van der Waals surface area (Å²) >= 11 is 5.92. The lowest BCUT2D eigenvalue weighted by Crippen LogP contribution is -2.35. The third kappa shape index (κ3) is 5.44. The van der Waals surface area contributed by atoms with Crippen LogP contribution in [0, 0.1) is 0 Å². The van der Waals surface area contributed by atoms with E-state index in [1.807, 2.05) is 30.3 Å². The van der Waals surface area contributed by atoms with Gasteiger partial charge >= 0.3 is 0 Å². The Balaban J connectivity index is 1.26. The average Bonchev–Trinajstić information content (AvgIpc) is 2.85. The Kier molecular flexibility index (Phi) is 6.86. The molecule has 2 aromatic carbocycles. The monoisotopic (exact) mass is 476 g/mol. The third-order valence-corrected chi connectivity index (χ3v) is 6.91. The van der Waals surface area contributed by atoms with Gasteiger partial charge in [-0.1, -0.05) is 41.9 Å². The highest BCUT2D eigenvalue weighted by Gasteiger charge is 2.18. The lowest BCUT2D eigenvalue weighted by Gasteiger charge is -2.29. The maximum atomic E-state index is 12.8. The van der Waals surface area contributed by atoms with Gasteiger partial charge in [0.05, 0.1) is 6.10 Å². The Morgan fingerprint density at radius 1 is 0.971 bits per heavy atom. The fourth-order valence-electron chi connectivity index (χ4n) is 4.69. The number of allylic oxidation sites excluding steroid dienone is 1. The second-order valence-corrected chi connectivity index (χ2v) is 9.60. The summed E-state index contributed by atoms with van der Waals surface area (Å²) in [7, 11) is 0. The van der Waals surface area contributed by atoms with Gasteiger partial charge in [-0.2, -0.15) is 0 Å². The quantitative estimate of drug-likeness (QED) is 0.545. The van der Waals surface area contributed by atoms with E-state index in [-0.39, 0.29) is 11.7 Å². The van der Waals surface area contributed by atoms with Crippen LogP contribution < -0.4 is 10.3 Å². The van der Waals surface area contributed by atoms with E-state index in [0.29, 0.717) is 17.4 Å². The number of aryl methyl sites for hydroxylation is 1. The summed E-state index contributed by atoms with van der Waals surface area (Å²) < 4.78 is 7.51. The highest BCUT2D eigenvalue weighted by Crippen LogP contribution is 2.28. The van der Waals surface area contributed by atoms with Gasteiger partial charge < -0.3 is 9.84 Å². The van der Waals surface area contributed by atoms with E-state index < -0.39 is 0 Å². The molecule has 0 bridgehead atoms. The summed E-state index contributed by atoms with van der Waals surface area (Å²) in [4.78, 5) is 15.2. The van der Waals surface area contributed by atoms with Crippen molar-refractivity contribution in [3.05, 3.63) is 98.4 Å². The maximum Gasteiger partial charge on any atom is 0.258 e. The van der Waals surface area contributed by atoms with Crippen LogP contribution in [0.1, 0.15) is 41.5 Å². The molecule has 5 rings (SSSR count). The summed E-state index contributed by atoms with van der Waals surface area (Å²) in [6.07, 6.45) is 7.22. The fraction of sp³-hybridized carbons (Fsp3) is 0.321. The van der Waals surface area contributed by atoms with E-state index in [9.17, 15) is 9.90 Å². The predicted molar refractivity (Wildman–Crippen MR) is 136 cm³/mol. The highest BCUT2D eigenvalue weighted by atomic mass is 35.5. The first kappa shape index (κ1) is 22.9. The van der Waals surface area contributed by atoms with E-state index in [1.54, 1.807) is 16.8 Å². The molecule has 5 nitrogen and oxygen atoms in total. The van der Waals surface area contributed by atoms with E-state index >= 15 is 0 Å². The van der Waals surface area contributed by atoms with Crippen molar-refractivity contribution in [2.24, 2.45) is 0 Å². The summed E-state index contributed by atoms with van der Waals surface area (Å²) in [5.41, 5.74) is 5.72. The first-order chi connectivity index (χ1) is 16.5. The Morgan fingerprint density at radius 3 is 2.50 bits per heavy atom. The SMILES string of the molecule is O=c1cc(OCc2ccc(Cl)cc2)ccn1C1=Cc2ccc(CN3CCC(O)CC3)cc2CC1. The molecule has 1 aliphatic heterocycles. The largest absolute Gasteiger partial charge is 0.489 e. The molecule has 34 heavy (non-hydrogen) atoms. The van der Waals surface area contributed by atoms with E-state index in [4.69, 9.17) is 16.3 Å². The molecule has 0 amide bonds. The first-order valence-electron chi connectivity index (χ1n) is 11.9. The summed E-state index contributed by atoms with van der Waals surface area (Å²) in [5, 5.41) is 10.4. The number of ether oxygens (including phenoxy) is 1. The number of hydrogen-bond donors (Lipinski definition) is 1. The number of fused-ring (bicyclic) bond motifs is 1. The Morgan fingerprint density at radius 2 is 1.74 bits per heavy atom. The smallest absolute Gasteiger partial charge is 0.258 e. The van der Waals surface area contributed by atoms with Gasteiger partial charge in [0.25, 0.3) is 5.56 Å². The normalized spacial score (nSPS) is 16.7. The van der Waals surface area contributed by atoms with Crippen molar-refractivity contribution in [1.29, 1.82) is 0 Å². The van der Waals surface area contributed by atoms with Crippen molar-refractivity contribution < 1.29 is 9.84 Å². The summed E-state index contributed by atoms with van der Waals surface area (Å²) in [5.74, 6) is 0.558. The minimum Gasteiger partial charge on any atom is -0.489 e. The van der Waals surface area contributed by atoms with Gasteiger partial charge in [-0.15, -0.1) is 0 Å². The zero-order valence-corrected chi connectivity index (χ0v) is 19.9. The van der Waals surface area contributed by atoms with Crippen LogP contribution in [0.3, 0.4) is 0 Å². The zero-order valence-electron chi connectivity index (χ0n) is 19.1. The van der Waals surface area contributed by atoms with Gasteiger partial charge in [-0.3, -0.25) is 14.3 Å². The van der Waals surface area contributed by atoms with Gasteiger partial charge in [-0.25, -0.2) is 0 Å². The van der Waals surface area contributed by atoms with Crippen LogP contribution in [0.15, 0.2) is 65.6 Å². The van der Waals surface area contributed by atoms with Gasteiger partial charge in [-0.05, 0) is 72.2 Å². The molecular weight excluding hydrogens is 448 g/mol. The van der Waals surface area contributed by atoms with Crippen LogP contribution in [0.5, 0.6) is 5.75 Å². The maximum absolute atomic E-state index is 12.8. The number of piperidine rings is 1. The number of halogens is 1. The first-order valence-corrected chi connectivity index (χ1v) is 12.2. The van der Waals surface area contributed by atoms with Gasteiger partial charge in [0.1, 0.15) is 12.4 Å². The van der Waals surface area contributed by atoms with Crippen LogP contribution in [-0.2, 0) is 19.6 Å².